The number of allylic oxidation sites excluding steroid dienone is 1. The van der Waals surface area contributed by atoms with E-state index in [0.717, 1.165) is 5.70 Å². The molecule has 0 aliphatic carbocycles. The second-order valence-electron chi connectivity index (χ2n) is 2.05. The molecule has 2 aliphatic heterocycles. The Bertz CT molecular complexity index is 275. The van der Waals surface area contributed by atoms with Gasteiger partial charge in [-0.1, -0.05) is 0 Å². The van der Waals surface area contributed by atoms with Gasteiger partial charge in [0.05, 0.1) is 5.70 Å². The molecule has 0 bridgehead atoms. The smallest absolute Gasteiger partial charge is 0.246 e. The van der Waals surface area contributed by atoms with Crippen LogP contribution in [0, 0.1) is 0 Å². The van der Waals surface area contributed by atoms with Gasteiger partial charge in [-0.2, -0.15) is 0 Å². The van der Waals surface area contributed by atoms with Crippen molar-refractivity contribution >= 4 is 18.0 Å². The Kier molecular flexibility index (Phi) is 0.943. The van der Waals surface area contributed by atoms with Gasteiger partial charge in [-0.05, 0) is 6.08 Å². The van der Waals surface area contributed by atoms with E-state index in [1.807, 2.05) is 0 Å². The van der Waals surface area contributed by atoms with Gasteiger partial charge in [-0.3, -0.25) is 9.79 Å². The summed E-state index contributed by atoms with van der Waals surface area (Å²) in [4.78, 5) is 18.5. The van der Waals surface area contributed by atoms with Crippen LogP contribution in [0.4, 0.5) is 0 Å². The molecular formula is C6H5N3O. The van der Waals surface area contributed by atoms with Crippen LogP contribution in [0.25, 0.3) is 0 Å². The molecule has 0 saturated carbocycles. The Morgan fingerprint density at radius 1 is 1.60 bits per heavy atom. The van der Waals surface area contributed by atoms with Gasteiger partial charge in [0.25, 0.3) is 0 Å². The van der Waals surface area contributed by atoms with Crippen LogP contribution in [0.15, 0.2) is 21.8 Å². The van der Waals surface area contributed by atoms with Crippen molar-refractivity contribution in [3.05, 3.63) is 11.8 Å². The summed E-state index contributed by atoms with van der Waals surface area (Å²) in [5.74, 6) is 0.570. The van der Waals surface area contributed by atoms with Crippen LogP contribution < -0.4 is 5.32 Å². The Balaban J connectivity index is 2.39. The van der Waals surface area contributed by atoms with Gasteiger partial charge in [0.15, 0.2) is 5.84 Å². The minimum Gasteiger partial charge on any atom is -0.321 e. The number of carbonyl (C=O) groups is 1. The lowest BCUT2D eigenvalue weighted by Crippen LogP contribution is -2.32. The maximum Gasteiger partial charge on any atom is 0.246 e. The van der Waals surface area contributed by atoms with E-state index in [1.54, 1.807) is 12.3 Å². The van der Waals surface area contributed by atoms with Crippen LogP contribution >= 0.6 is 0 Å². The standard InChI is InChI=1S/C6H5N3O/c10-5-3-8-6-4(9-5)1-2-7-6/h1-2H,3H2,(H,9,10). The molecule has 0 spiro atoms. The predicted molar refractivity (Wildman–Crippen MR) is 37.0 cm³/mol. The number of nitrogens with zero attached hydrogens (tertiary/aromatic N) is 2. The number of hydrogen-bond acceptors (Lipinski definition) is 3. The molecule has 1 amide bonds. The summed E-state index contributed by atoms with van der Waals surface area (Å²) in [6, 6.07) is 0. The fourth-order valence-corrected chi connectivity index (χ4v) is 0.886. The van der Waals surface area contributed by atoms with Gasteiger partial charge in [0.2, 0.25) is 5.91 Å². The quantitative estimate of drug-likeness (QED) is 0.477. The molecule has 2 rings (SSSR count). The first-order valence-corrected chi connectivity index (χ1v) is 2.95. The van der Waals surface area contributed by atoms with E-state index in [4.69, 9.17) is 0 Å². The predicted octanol–water partition coefficient (Wildman–Crippen LogP) is -0.517. The molecule has 0 atom stereocenters. The number of fused-ring (bicyclic) bond motifs is 1. The average molecular weight is 135 g/mol. The number of amidine groups is 1. The number of aliphatic imine (C=N–C) groups is 2. The van der Waals surface area contributed by atoms with E-state index in [2.05, 4.69) is 15.3 Å². The lowest BCUT2D eigenvalue weighted by atomic mass is 10.3. The van der Waals surface area contributed by atoms with E-state index in [1.165, 1.54) is 0 Å². The lowest BCUT2D eigenvalue weighted by molar-refractivity contribution is -0.119. The number of rotatable bonds is 0. The summed E-state index contributed by atoms with van der Waals surface area (Å²) >= 11 is 0. The van der Waals surface area contributed by atoms with Crippen LogP contribution in [-0.2, 0) is 4.79 Å². The molecule has 0 radical (unpaired) electrons. The van der Waals surface area contributed by atoms with Crippen LogP contribution in [0.2, 0.25) is 0 Å². The van der Waals surface area contributed by atoms with Crippen molar-refractivity contribution in [1.29, 1.82) is 0 Å². The normalized spacial score (nSPS) is 21.4. The number of amides is 1. The highest BCUT2D eigenvalue weighted by molar-refractivity contribution is 6.14. The van der Waals surface area contributed by atoms with Gasteiger partial charge < -0.3 is 5.32 Å². The molecule has 0 aromatic rings. The Labute approximate surface area is 57.4 Å². The highest BCUT2D eigenvalue weighted by Gasteiger charge is 2.17. The molecule has 0 unspecified atom stereocenters. The minimum absolute atomic E-state index is 0.0690. The van der Waals surface area contributed by atoms with Crippen molar-refractivity contribution in [2.45, 2.75) is 0 Å². The molecule has 4 nitrogen and oxygen atoms in total. The lowest BCUT2D eigenvalue weighted by Gasteiger charge is -2.09. The monoisotopic (exact) mass is 135 g/mol. The fraction of sp³-hybridized carbons (Fsp3) is 0.167. The van der Waals surface area contributed by atoms with Crippen molar-refractivity contribution < 1.29 is 4.79 Å². The van der Waals surface area contributed by atoms with Crippen molar-refractivity contribution in [1.82, 2.24) is 5.32 Å². The van der Waals surface area contributed by atoms with Crippen LogP contribution in [0.3, 0.4) is 0 Å². The van der Waals surface area contributed by atoms with Crippen molar-refractivity contribution in [3.8, 4) is 0 Å². The molecule has 0 aromatic heterocycles. The Hall–Kier alpha value is -1.45. The summed E-state index contributed by atoms with van der Waals surface area (Å²) in [5.41, 5.74) is 0.719. The molecule has 0 aromatic carbocycles. The van der Waals surface area contributed by atoms with E-state index in [-0.39, 0.29) is 12.5 Å². The largest absolute Gasteiger partial charge is 0.321 e. The van der Waals surface area contributed by atoms with Crippen molar-refractivity contribution in [3.63, 3.8) is 0 Å². The van der Waals surface area contributed by atoms with Crippen LogP contribution in [-0.4, -0.2) is 24.5 Å². The van der Waals surface area contributed by atoms with Gasteiger partial charge in [0.1, 0.15) is 6.54 Å². The first kappa shape index (κ1) is 5.34. The minimum atomic E-state index is -0.0690. The number of carbonyl (C=O) groups excluding carboxylic acids is 1. The molecular weight excluding hydrogens is 130 g/mol. The molecule has 2 heterocycles. The first-order chi connectivity index (χ1) is 4.86. The zero-order chi connectivity index (χ0) is 6.97. The third kappa shape index (κ3) is 0.655. The van der Waals surface area contributed by atoms with Gasteiger partial charge in [0, 0.05) is 6.21 Å². The average Bonchev–Trinajstić information content (AvgIpc) is 2.33. The van der Waals surface area contributed by atoms with Crippen LogP contribution in [0.1, 0.15) is 0 Å². The van der Waals surface area contributed by atoms with Gasteiger partial charge in [-0.15, -0.1) is 0 Å². The van der Waals surface area contributed by atoms with E-state index in [0.29, 0.717) is 5.84 Å². The first-order valence-electron chi connectivity index (χ1n) is 2.95. The molecule has 0 saturated heterocycles. The second kappa shape index (κ2) is 1.76. The van der Waals surface area contributed by atoms with Crippen LogP contribution in [0.5, 0.6) is 0 Å². The number of nitrogens with one attached hydrogen (secondary N) is 1. The second-order valence-corrected chi connectivity index (χ2v) is 2.05. The molecule has 50 valence electrons. The summed E-state index contributed by atoms with van der Waals surface area (Å²) in [5, 5.41) is 2.64. The molecule has 0 fully saturated rings. The van der Waals surface area contributed by atoms with E-state index in [9.17, 15) is 4.79 Å². The number of hydrogen-bond donors (Lipinski definition) is 1. The maximum atomic E-state index is 10.7. The van der Waals surface area contributed by atoms with E-state index < -0.39 is 0 Å². The maximum absolute atomic E-state index is 10.7. The third-order valence-corrected chi connectivity index (χ3v) is 1.33. The zero-order valence-electron chi connectivity index (χ0n) is 5.16. The Morgan fingerprint density at radius 3 is 3.40 bits per heavy atom. The summed E-state index contributed by atoms with van der Waals surface area (Å²) in [6.07, 6.45) is 3.36. The van der Waals surface area contributed by atoms with Crippen molar-refractivity contribution in [2.24, 2.45) is 9.98 Å². The summed E-state index contributed by atoms with van der Waals surface area (Å²) in [6.45, 7) is 0.198. The molecule has 1 N–H and O–H groups in total. The third-order valence-electron chi connectivity index (χ3n) is 1.33. The highest BCUT2D eigenvalue weighted by atomic mass is 16.2. The highest BCUT2D eigenvalue weighted by Crippen LogP contribution is 2.05. The fourth-order valence-electron chi connectivity index (χ4n) is 0.886. The van der Waals surface area contributed by atoms with Crippen molar-refractivity contribution in [2.75, 3.05) is 6.54 Å². The van der Waals surface area contributed by atoms with Gasteiger partial charge in [-0.25, -0.2) is 4.99 Å². The van der Waals surface area contributed by atoms with E-state index >= 15 is 0 Å². The summed E-state index contributed by atoms with van der Waals surface area (Å²) in [7, 11) is 0. The topological polar surface area (TPSA) is 53.8 Å². The molecule has 2 aliphatic rings. The molecule has 10 heavy (non-hydrogen) atoms. The SMILES string of the molecule is O=C1CN=C2N=CC=C2N1. The zero-order valence-corrected chi connectivity index (χ0v) is 5.16. The summed E-state index contributed by atoms with van der Waals surface area (Å²) < 4.78 is 0. The van der Waals surface area contributed by atoms with Gasteiger partial charge >= 0.3 is 0 Å². The Morgan fingerprint density at radius 2 is 2.50 bits per heavy atom. The molecule has 4 heteroatoms.